The smallest absolute Gasteiger partial charge is 0.0639 e. The van der Waals surface area contributed by atoms with Crippen LogP contribution in [0.2, 0.25) is 0 Å². The zero-order chi connectivity index (χ0) is 11.3. The molecule has 2 rings (SSSR count). The first-order valence-electron chi connectivity index (χ1n) is 6.18. The monoisotopic (exact) mass is 208 g/mol. The Morgan fingerprint density at radius 3 is 2.53 bits per heavy atom. The molecule has 2 fully saturated rings. The minimum absolute atomic E-state index is 0.216. The summed E-state index contributed by atoms with van der Waals surface area (Å²) >= 11 is 0. The van der Waals surface area contributed by atoms with E-state index in [-0.39, 0.29) is 6.61 Å². The predicted octanol–water partition coefficient (Wildman–Crippen LogP) is 3.39. The highest BCUT2D eigenvalue weighted by molar-refractivity contribution is 5.17. The van der Waals surface area contributed by atoms with Gasteiger partial charge in [-0.1, -0.05) is 32.4 Å². The molecule has 1 nitrogen and oxygen atoms in total. The molecular weight excluding hydrogens is 184 g/mol. The van der Waals surface area contributed by atoms with Gasteiger partial charge in [-0.3, -0.25) is 0 Å². The highest BCUT2D eigenvalue weighted by Crippen LogP contribution is 2.74. The quantitative estimate of drug-likeness (QED) is 0.705. The third-order valence-electron chi connectivity index (χ3n) is 5.47. The summed E-state index contributed by atoms with van der Waals surface area (Å²) in [5.41, 5.74) is 2.24. The predicted molar refractivity (Wildman–Crippen MR) is 63.6 cm³/mol. The number of hydrogen-bond acceptors (Lipinski definition) is 1. The van der Waals surface area contributed by atoms with Gasteiger partial charge >= 0.3 is 0 Å². The van der Waals surface area contributed by atoms with Crippen molar-refractivity contribution in [2.45, 2.75) is 47.0 Å². The fourth-order valence-corrected chi connectivity index (χ4v) is 3.49. The molecular formula is C14H24O. The second-order valence-electron chi connectivity index (χ2n) is 6.42. The topological polar surface area (TPSA) is 20.2 Å². The molecule has 0 spiro atoms. The average molecular weight is 208 g/mol. The maximum absolute atomic E-state index is 8.98. The van der Waals surface area contributed by atoms with Crippen molar-refractivity contribution >= 4 is 0 Å². The molecule has 0 aliphatic heterocycles. The molecule has 0 aromatic heterocycles. The fraction of sp³-hybridized carbons (Fsp3) is 0.857. The fourth-order valence-electron chi connectivity index (χ4n) is 3.49. The Morgan fingerprint density at radius 2 is 2.07 bits per heavy atom. The summed E-state index contributed by atoms with van der Waals surface area (Å²) in [7, 11) is 0. The van der Waals surface area contributed by atoms with Crippen LogP contribution in [0.3, 0.4) is 0 Å². The second-order valence-corrected chi connectivity index (χ2v) is 6.42. The van der Waals surface area contributed by atoms with Gasteiger partial charge in [0.15, 0.2) is 0 Å². The van der Waals surface area contributed by atoms with Crippen LogP contribution in [0, 0.1) is 22.7 Å². The van der Waals surface area contributed by atoms with Crippen LogP contribution in [0.5, 0.6) is 0 Å². The molecule has 1 N–H and O–H groups in total. The lowest BCUT2D eigenvalue weighted by molar-refractivity contribution is 0.150. The Labute approximate surface area is 93.6 Å². The van der Waals surface area contributed by atoms with Crippen molar-refractivity contribution in [3.63, 3.8) is 0 Å². The molecule has 0 aromatic carbocycles. The van der Waals surface area contributed by atoms with Gasteiger partial charge in [0.25, 0.3) is 0 Å². The molecule has 0 saturated heterocycles. The zero-order valence-electron chi connectivity index (χ0n) is 10.5. The van der Waals surface area contributed by atoms with E-state index >= 15 is 0 Å². The van der Waals surface area contributed by atoms with Crippen LogP contribution in [-0.4, -0.2) is 11.7 Å². The third-order valence-corrected chi connectivity index (χ3v) is 5.47. The molecule has 86 valence electrons. The van der Waals surface area contributed by atoms with Crippen molar-refractivity contribution in [3.05, 3.63) is 11.6 Å². The summed E-state index contributed by atoms with van der Waals surface area (Å²) in [6, 6.07) is 0. The number of rotatable bonds is 3. The van der Waals surface area contributed by atoms with Crippen LogP contribution in [0.15, 0.2) is 11.6 Å². The van der Waals surface area contributed by atoms with Gasteiger partial charge in [0.2, 0.25) is 0 Å². The first kappa shape index (κ1) is 11.2. The lowest BCUT2D eigenvalue weighted by Gasteiger charge is -2.35. The van der Waals surface area contributed by atoms with E-state index in [0.29, 0.717) is 10.8 Å². The molecule has 2 aliphatic rings. The van der Waals surface area contributed by atoms with Crippen molar-refractivity contribution in [3.8, 4) is 0 Å². The summed E-state index contributed by atoms with van der Waals surface area (Å²) in [6.07, 6.45) is 6.24. The number of fused-ring (bicyclic) bond motifs is 1. The average Bonchev–Trinajstić information content (AvgIpc) is 2.80. The number of aliphatic hydroxyl groups is 1. The maximum Gasteiger partial charge on any atom is 0.0639 e. The largest absolute Gasteiger partial charge is 0.392 e. The normalized spacial score (nSPS) is 42.9. The SMILES string of the molecule is CC(=CCC1CC2C[C@]2(C)C1(C)C)CO. The Morgan fingerprint density at radius 1 is 1.40 bits per heavy atom. The van der Waals surface area contributed by atoms with E-state index < -0.39 is 0 Å². The molecule has 2 aliphatic carbocycles. The van der Waals surface area contributed by atoms with Gasteiger partial charge in [-0.05, 0) is 48.9 Å². The van der Waals surface area contributed by atoms with Crippen LogP contribution < -0.4 is 0 Å². The molecule has 1 heteroatoms. The van der Waals surface area contributed by atoms with Gasteiger partial charge in [-0.25, -0.2) is 0 Å². The van der Waals surface area contributed by atoms with Gasteiger partial charge in [0.05, 0.1) is 6.61 Å². The van der Waals surface area contributed by atoms with Crippen molar-refractivity contribution < 1.29 is 5.11 Å². The molecule has 0 bridgehead atoms. The summed E-state index contributed by atoms with van der Waals surface area (Å²) in [5.74, 6) is 1.81. The number of allylic oxidation sites excluding steroid dienone is 1. The highest BCUT2D eigenvalue weighted by Gasteiger charge is 2.66. The molecule has 0 aromatic rings. The van der Waals surface area contributed by atoms with Gasteiger partial charge < -0.3 is 5.11 Å². The van der Waals surface area contributed by atoms with Gasteiger partial charge in [0, 0.05) is 0 Å². The van der Waals surface area contributed by atoms with E-state index in [0.717, 1.165) is 23.8 Å². The van der Waals surface area contributed by atoms with E-state index in [1.54, 1.807) is 0 Å². The standard InChI is InChI=1S/C14H24O/c1-10(9-15)5-6-11-7-12-8-14(12,4)13(11,2)3/h5,11-12,15H,6-9H2,1-4H3/t11?,12?,14-/m0/s1. The van der Waals surface area contributed by atoms with E-state index in [1.165, 1.54) is 12.8 Å². The summed E-state index contributed by atoms with van der Waals surface area (Å²) in [5, 5.41) is 8.98. The summed E-state index contributed by atoms with van der Waals surface area (Å²) < 4.78 is 0. The van der Waals surface area contributed by atoms with Crippen LogP contribution in [-0.2, 0) is 0 Å². The molecule has 2 unspecified atom stereocenters. The molecule has 0 radical (unpaired) electrons. The second kappa shape index (κ2) is 3.35. The minimum atomic E-state index is 0.216. The van der Waals surface area contributed by atoms with Crippen molar-refractivity contribution in [1.29, 1.82) is 0 Å². The van der Waals surface area contributed by atoms with Crippen molar-refractivity contribution in [2.75, 3.05) is 6.61 Å². The molecule has 15 heavy (non-hydrogen) atoms. The maximum atomic E-state index is 8.98. The summed E-state index contributed by atoms with van der Waals surface area (Å²) in [6.45, 7) is 9.57. The van der Waals surface area contributed by atoms with E-state index in [2.05, 4.69) is 26.8 Å². The Hall–Kier alpha value is -0.300. The molecule has 2 saturated carbocycles. The van der Waals surface area contributed by atoms with Crippen LogP contribution in [0.1, 0.15) is 47.0 Å². The van der Waals surface area contributed by atoms with Gasteiger partial charge in [-0.15, -0.1) is 0 Å². The third kappa shape index (κ3) is 1.56. The first-order valence-corrected chi connectivity index (χ1v) is 6.18. The summed E-state index contributed by atoms with van der Waals surface area (Å²) in [4.78, 5) is 0. The first-order chi connectivity index (χ1) is 6.91. The minimum Gasteiger partial charge on any atom is -0.392 e. The lowest BCUT2D eigenvalue weighted by atomic mass is 9.70. The lowest BCUT2D eigenvalue weighted by Crippen LogP contribution is -2.27. The zero-order valence-corrected chi connectivity index (χ0v) is 10.5. The Balaban J connectivity index is 2.02. The van der Waals surface area contributed by atoms with E-state index in [4.69, 9.17) is 5.11 Å². The van der Waals surface area contributed by atoms with Crippen LogP contribution >= 0.6 is 0 Å². The van der Waals surface area contributed by atoms with Crippen LogP contribution in [0.4, 0.5) is 0 Å². The number of hydrogen-bond donors (Lipinski definition) is 1. The van der Waals surface area contributed by atoms with E-state index in [1.807, 2.05) is 6.92 Å². The highest BCUT2D eigenvalue weighted by atomic mass is 16.3. The van der Waals surface area contributed by atoms with Crippen molar-refractivity contribution in [2.24, 2.45) is 22.7 Å². The Bertz CT molecular complexity index is 290. The Kier molecular flexibility index (Phi) is 2.50. The molecule has 3 atom stereocenters. The number of aliphatic hydroxyl groups excluding tert-OH is 1. The van der Waals surface area contributed by atoms with E-state index in [9.17, 15) is 0 Å². The van der Waals surface area contributed by atoms with Gasteiger partial charge in [-0.2, -0.15) is 0 Å². The molecule has 0 amide bonds. The van der Waals surface area contributed by atoms with Crippen LogP contribution in [0.25, 0.3) is 0 Å². The van der Waals surface area contributed by atoms with Gasteiger partial charge in [0.1, 0.15) is 0 Å². The molecule has 0 heterocycles. The van der Waals surface area contributed by atoms with Crippen molar-refractivity contribution in [1.82, 2.24) is 0 Å².